The molecule has 17 nitrogen and oxygen atoms in total. The van der Waals surface area contributed by atoms with E-state index in [2.05, 4.69) is 22.2 Å². The molecule has 2 fully saturated rings. The van der Waals surface area contributed by atoms with E-state index in [4.69, 9.17) is 28.4 Å². The van der Waals surface area contributed by atoms with Crippen molar-refractivity contribution in [2.75, 3.05) is 59.2 Å². The molecule has 1 N–H and O–H groups in total. The Kier molecular flexibility index (Phi) is 13.7. The standard InChI is InChI=1S/C59H54N6O11/c1-71-31-32-75-58(70)64-46-25-20-37(13-12-27-63-47-19-11-10-18-45(47)60-61-63)33-44(46)59(57(64)69)50(55(67)62-28-26-41-34-48(72-2)49(73-3)35-42(41)36-62)52-56(68)76-53(39-16-8-5-9-17-39)51(38-14-6-4-7-15-38)65(52)54(59)40-21-23-43(24-22-40)74-30-29-66/h4-11,14-25,33-35,50-54,66H,26-32,36H2,1-3H3/t50-,51-,52-,53+,54+,59-/m1/s1. The molecule has 6 aromatic carbocycles. The van der Waals surface area contributed by atoms with Crippen LogP contribution in [0.5, 0.6) is 17.2 Å². The van der Waals surface area contributed by atoms with Crippen LogP contribution >= 0.6 is 0 Å². The summed E-state index contributed by atoms with van der Waals surface area (Å²) in [5.41, 5.74) is 4.07. The number of rotatable bonds is 13. The summed E-state index contributed by atoms with van der Waals surface area (Å²) in [5, 5.41) is 18.3. The Bertz CT molecular complexity index is 3400. The quantitative estimate of drug-likeness (QED) is 0.0715. The van der Waals surface area contributed by atoms with Crippen molar-refractivity contribution in [3.8, 4) is 29.1 Å². The minimum atomic E-state index is -2.07. The number of methoxy groups -OCH3 is 3. The summed E-state index contributed by atoms with van der Waals surface area (Å²) < 4.78 is 36.7. The molecule has 0 unspecified atom stereocenters. The molecule has 7 aromatic rings. The number of imide groups is 1. The summed E-state index contributed by atoms with van der Waals surface area (Å²) >= 11 is 0. The second kappa shape index (κ2) is 21.0. The monoisotopic (exact) mass is 1020 g/mol. The van der Waals surface area contributed by atoms with Crippen LogP contribution in [0.2, 0.25) is 0 Å². The van der Waals surface area contributed by atoms with E-state index in [9.17, 15) is 9.90 Å². The van der Waals surface area contributed by atoms with Crippen molar-refractivity contribution in [3.05, 3.63) is 178 Å². The number of carbonyl (C=O) groups excluding carboxylic acids is 4. The van der Waals surface area contributed by atoms with Gasteiger partial charge in [0.05, 0.1) is 56.6 Å². The third kappa shape index (κ3) is 8.53. The maximum Gasteiger partial charge on any atom is 0.421 e. The van der Waals surface area contributed by atoms with Gasteiger partial charge in [0, 0.05) is 25.8 Å². The molecular formula is C59H54N6O11. The van der Waals surface area contributed by atoms with Gasteiger partial charge in [0.25, 0.3) is 0 Å². The van der Waals surface area contributed by atoms with E-state index in [1.54, 1.807) is 66.3 Å². The lowest BCUT2D eigenvalue weighted by Crippen LogP contribution is -2.57. The first-order valence-electron chi connectivity index (χ1n) is 25.1. The van der Waals surface area contributed by atoms with Gasteiger partial charge in [0.15, 0.2) is 11.5 Å². The molecule has 0 aliphatic carbocycles. The highest BCUT2D eigenvalue weighted by Gasteiger charge is 2.76. The third-order valence-corrected chi connectivity index (χ3v) is 14.9. The zero-order valence-electron chi connectivity index (χ0n) is 42.0. The number of carbonyl (C=O) groups is 4. The molecule has 4 aliphatic rings. The van der Waals surface area contributed by atoms with Crippen LogP contribution in [0.15, 0.2) is 140 Å². The van der Waals surface area contributed by atoms with E-state index in [-0.39, 0.29) is 57.3 Å². The molecule has 0 radical (unpaired) electrons. The Labute approximate surface area is 438 Å². The molecule has 0 saturated carbocycles. The summed E-state index contributed by atoms with van der Waals surface area (Å²) in [6, 6.07) is 39.1. The summed E-state index contributed by atoms with van der Waals surface area (Å²) in [7, 11) is 4.58. The van der Waals surface area contributed by atoms with E-state index < -0.39 is 59.4 Å². The molecule has 17 heteroatoms. The van der Waals surface area contributed by atoms with Crippen molar-refractivity contribution in [2.45, 2.75) is 49.2 Å². The number of nitrogens with zero attached hydrogens (tertiary/aromatic N) is 6. The number of esters is 1. The van der Waals surface area contributed by atoms with Crippen LogP contribution in [0, 0.1) is 17.8 Å². The Morgan fingerprint density at radius 3 is 2.21 bits per heavy atom. The maximum atomic E-state index is 16.8. The van der Waals surface area contributed by atoms with E-state index in [0.717, 1.165) is 27.1 Å². The normalized spacial score (nSPS) is 21.6. The van der Waals surface area contributed by atoms with Crippen molar-refractivity contribution >= 4 is 40.6 Å². The van der Waals surface area contributed by atoms with Gasteiger partial charge in [0.1, 0.15) is 48.6 Å². The molecule has 1 spiro atoms. The van der Waals surface area contributed by atoms with Gasteiger partial charge >= 0.3 is 12.1 Å². The first-order valence-corrected chi connectivity index (χ1v) is 25.1. The van der Waals surface area contributed by atoms with Crippen LogP contribution in [-0.4, -0.2) is 114 Å². The van der Waals surface area contributed by atoms with Gasteiger partial charge in [-0.1, -0.05) is 102 Å². The lowest BCUT2D eigenvalue weighted by molar-refractivity contribution is -0.179. The van der Waals surface area contributed by atoms with E-state index in [0.29, 0.717) is 45.9 Å². The number of ether oxygens (including phenoxy) is 6. The van der Waals surface area contributed by atoms with Crippen molar-refractivity contribution in [1.82, 2.24) is 24.8 Å². The van der Waals surface area contributed by atoms with Gasteiger partial charge < -0.3 is 38.4 Å². The molecular weight excluding hydrogens is 969 g/mol. The third-order valence-electron chi connectivity index (χ3n) is 14.9. The Hall–Kier alpha value is -8.56. The van der Waals surface area contributed by atoms with Gasteiger partial charge in [0.2, 0.25) is 11.8 Å². The second-order valence-corrected chi connectivity index (χ2v) is 18.9. The Morgan fingerprint density at radius 1 is 0.776 bits per heavy atom. The van der Waals surface area contributed by atoms with Gasteiger partial charge in [-0.05, 0) is 94.4 Å². The van der Waals surface area contributed by atoms with Crippen molar-refractivity contribution in [1.29, 1.82) is 0 Å². The van der Waals surface area contributed by atoms with Crippen LogP contribution in [0.4, 0.5) is 10.5 Å². The molecule has 5 heterocycles. The number of para-hydroxylation sites is 1. The molecule has 0 bridgehead atoms. The Balaban J connectivity index is 1.17. The zero-order valence-corrected chi connectivity index (χ0v) is 42.0. The number of anilines is 1. The van der Waals surface area contributed by atoms with Crippen LogP contribution in [0.1, 0.15) is 57.1 Å². The number of cyclic esters (lactones) is 1. The van der Waals surface area contributed by atoms with Crippen LogP contribution in [0.3, 0.4) is 0 Å². The van der Waals surface area contributed by atoms with Gasteiger partial charge in [-0.2, -0.15) is 0 Å². The molecule has 11 rings (SSSR count). The highest BCUT2D eigenvalue weighted by molar-refractivity contribution is 6.23. The number of amides is 3. The minimum Gasteiger partial charge on any atom is -0.493 e. The van der Waals surface area contributed by atoms with Crippen LogP contribution in [-0.2, 0) is 53.5 Å². The van der Waals surface area contributed by atoms with E-state index in [1.807, 2.05) is 102 Å². The lowest BCUT2D eigenvalue weighted by atomic mass is 9.64. The molecule has 3 amide bonds. The average molecular weight is 1020 g/mol. The fourth-order valence-corrected chi connectivity index (χ4v) is 11.7. The smallest absolute Gasteiger partial charge is 0.421 e. The van der Waals surface area contributed by atoms with Crippen molar-refractivity contribution in [3.63, 3.8) is 0 Å². The molecule has 2 saturated heterocycles. The number of hydrogen-bond donors (Lipinski definition) is 1. The zero-order chi connectivity index (χ0) is 52.5. The van der Waals surface area contributed by atoms with E-state index in [1.165, 1.54) is 7.11 Å². The van der Waals surface area contributed by atoms with Gasteiger partial charge in [-0.25, -0.2) is 14.4 Å². The number of benzene rings is 6. The molecule has 76 heavy (non-hydrogen) atoms. The number of aliphatic hydroxyl groups excluding tert-OH is 1. The largest absolute Gasteiger partial charge is 0.493 e. The highest BCUT2D eigenvalue weighted by atomic mass is 16.6. The molecule has 386 valence electrons. The maximum absolute atomic E-state index is 16.8. The predicted octanol–water partition coefficient (Wildman–Crippen LogP) is 6.90. The number of hydrogen-bond acceptors (Lipinski definition) is 14. The lowest BCUT2D eigenvalue weighted by Gasteiger charge is -2.46. The fraction of sp³-hybridized carbons (Fsp3) is 0.288. The highest BCUT2D eigenvalue weighted by Crippen LogP contribution is 2.66. The molecule has 1 aromatic heterocycles. The SMILES string of the molecule is COCCOC(=O)N1C(=O)[C@@]2(c3cc(C#CCn4nnc5ccccc54)ccc31)[C@H](c1ccc(OCCO)cc1)N1[C@H](c3ccccc3)[C@H](c3ccccc3)OC(=O)[C@H]1[C@@H]2C(=O)N1CCc2cc(OC)c(OC)cc2C1. The second-order valence-electron chi connectivity index (χ2n) is 18.9. The first kappa shape index (κ1) is 49.6. The van der Waals surface area contributed by atoms with Crippen molar-refractivity contribution in [2.24, 2.45) is 5.92 Å². The van der Waals surface area contributed by atoms with Crippen LogP contribution < -0.4 is 19.1 Å². The molecule has 4 aliphatic heterocycles. The fourth-order valence-electron chi connectivity index (χ4n) is 11.7. The summed E-state index contributed by atoms with van der Waals surface area (Å²) in [6.45, 7) is 0.160. The van der Waals surface area contributed by atoms with Crippen LogP contribution in [0.25, 0.3) is 11.0 Å². The first-order chi connectivity index (χ1) is 37.2. The molecule has 6 atom stereocenters. The van der Waals surface area contributed by atoms with Crippen molar-refractivity contribution < 1.29 is 52.7 Å². The Morgan fingerprint density at radius 2 is 1.49 bits per heavy atom. The van der Waals surface area contributed by atoms with Gasteiger partial charge in [-0.15, -0.1) is 5.10 Å². The summed E-state index contributed by atoms with van der Waals surface area (Å²) in [6.07, 6.45) is -1.50. The average Bonchev–Trinajstić information content (AvgIpc) is 4.07. The number of aliphatic hydroxyl groups is 1. The summed E-state index contributed by atoms with van der Waals surface area (Å²) in [4.78, 5) is 68.5. The van der Waals surface area contributed by atoms with Gasteiger partial charge in [-0.3, -0.25) is 19.3 Å². The number of aromatic nitrogens is 3. The van der Waals surface area contributed by atoms with E-state index >= 15 is 14.4 Å². The summed E-state index contributed by atoms with van der Waals surface area (Å²) in [5.74, 6) is 4.43. The topological polar surface area (TPSA) is 184 Å². The predicted molar refractivity (Wildman–Crippen MR) is 277 cm³/mol. The number of morpholine rings is 1. The number of fused-ring (bicyclic) bond motifs is 5. The minimum absolute atomic E-state index is 0.0265.